The van der Waals surface area contributed by atoms with Crippen LogP contribution in [0.3, 0.4) is 0 Å². The van der Waals surface area contributed by atoms with Gasteiger partial charge in [0.2, 0.25) is 0 Å². The molecule has 1 heterocycles. The van der Waals surface area contributed by atoms with Gasteiger partial charge in [-0.3, -0.25) is 4.90 Å². The summed E-state index contributed by atoms with van der Waals surface area (Å²) in [6.45, 7) is 7.99. The fraction of sp³-hybridized carbons (Fsp3) is 0.571. The van der Waals surface area contributed by atoms with Crippen molar-refractivity contribution in [1.82, 2.24) is 4.90 Å². The number of hydrogen-bond acceptors (Lipinski definition) is 2. The van der Waals surface area contributed by atoms with Gasteiger partial charge in [0.15, 0.2) is 0 Å². The minimum Gasteiger partial charge on any atom is -0.399 e. The molecule has 1 aromatic carbocycles. The third-order valence-electron chi connectivity index (χ3n) is 3.62. The first-order valence-corrected chi connectivity index (χ1v) is 6.23. The SMILES string of the molecule is Cc1c(N)cccc1CN1CCCC(C)C1. The van der Waals surface area contributed by atoms with Gasteiger partial charge in [0.25, 0.3) is 0 Å². The van der Waals surface area contributed by atoms with Crippen molar-refractivity contribution in [2.24, 2.45) is 5.92 Å². The van der Waals surface area contributed by atoms with Gasteiger partial charge in [0.1, 0.15) is 0 Å². The van der Waals surface area contributed by atoms with Gasteiger partial charge in [-0.1, -0.05) is 19.1 Å². The van der Waals surface area contributed by atoms with E-state index in [9.17, 15) is 0 Å². The molecule has 0 amide bonds. The van der Waals surface area contributed by atoms with E-state index in [1.165, 1.54) is 37.1 Å². The second-order valence-electron chi connectivity index (χ2n) is 5.11. The lowest BCUT2D eigenvalue weighted by molar-refractivity contribution is 0.176. The largest absolute Gasteiger partial charge is 0.399 e. The Morgan fingerprint density at radius 1 is 1.44 bits per heavy atom. The van der Waals surface area contributed by atoms with E-state index in [0.717, 1.165) is 18.2 Å². The second-order valence-corrected chi connectivity index (χ2v) is 5.11. The number of rotatable bonds is 2. The Morgan fingerprint density at radius 3 is 3.00 bits per heavy atom. The van der Waals surface area contributed by atoms with Gasteiger partial charge in [-0.2, -0.15) is 0 Å². The van der Waals surface area contributed by atoms with E-state index in [0.29, 0.717) is 0 Å². The maximum Gasteiger partial charge on any atom is 0.0346 e. The van der Waals surface area contributed by atoms with Gasteiger partial charge in [0.05, 0.1) is 0 Å². The topological polar surface area (TPSA) is 29.3 Å². The molecule has 1 aliphatic rings. The standard InChI is InChI=1S/C14H22N2/c1-11-5-4-8-16(9-11)10-13-6-3-7-14(15)12(13)2/h3,6-7,11H,4-5,8-10,15H2,1-2H3. The number of nitrogen functional groups attached to an aromatic ring is 1. The first-order chi connectivity index (χ1) is 7.66. The van der Waals surface area contributed by atoms with Crippen LogP contribution in [0.5, 0.6) is 0 Å². The average Bonchev–Trinajstić information content (AvgIpc) is 2.25. The highest BCUT2D eigenvalue weighted by atomic mass is 15.1. The summed E-state index contributed by atoms with van der Waals surface area (Å²) in [6.07, 6.45) is 2.72. The molecule has 0 aliphatic carbocycles. The summed E-state index contributed by atoms with van der Waals surface area (Å²) in [4.78, 5) is 2.55. The van der Waals surface area contributed by atoms with Crippen LogP contribution >= 0.6 is 0 Å². The molecule has 0 bridgehead atoms. The molecule has 88 valence electrons. The lowest BCUT2D eigenvalue weighted by Gasteiger charge is -2.31. The maximum atomic E-state index is 5.93. The summed E-state index contributed by atoms with van der Waals surface area (Å²) >= 11 is 0. The highest BCUT2D eigenvalue weighted by molar-refractivity contribution is 5.49. The smallest absolute Gasteiger partial charge is 0.0346 e. The van der Waals surface area contributed by atoms with Crippen LogP contribution in [0.2, 0.25) is 0 Å². The summed E-state index contributed by atoms with van der Waals surface area (Å²) in [5.74, 6) is 0.843. The van der Waals surface area contributed by atoms with Crippen molar-refractivity contribution in [3.63, 3.8) is 0 Å². The predicted octanol–water partition coefficient (Wildman–Crippen LogP) is 2.81. The molecular weight excluding hydrogens is 196 g/mol. The van der Waals surface area contributed by atoms with Gasteiger partial charge >= 0.3 is 0 Å². The number of hydrogen-bond donors (Lipinski definition) is 1. The molecule has 1 atom stereocenters. The lowest BCUT2D eigenvalue weighted by Crippen LogP contribution is -2.33. The molecule has 1 fully saturated rings. The minimum atomic E-state index is 0.843. The van der Waals surface area contributed by atoms with Crippen molar-refractivity contribution in [1.29, 1.82) is 0 Å². The number of anilines is 1. The van der Waals surface area contributed by atoms with Crippen LogP contribution in [-0.4, -0.2) is 18.0 Å². The molecule has 0 aromatic heterocycles. The van der Waals surface area contributed by atoms with Crippen molar-refractivity contribution in [2.45, 2.75) is 33.2 Å². The van der Waals surface area contributed by atoms with E-state index < -0.39 is 0 Å². The first kappa shape index (κ1) is 11.5. The third-order valence-corrected chi connectivity index (χ3v) is 3.62. The molecule has 0 spiro atoms. The van der Waals surface area contributed by atoms with Crippen LogP contribution in [0.25, 0.3) is 0 Å². The minimum absolute atomic E-state index is 0.843. The summed E-state index contributed by atoms with van der Waals surface area (Å²) in [6, 6.07) is 6.24. The predicted molar refractivity (Wildman–Crippen MR) is 69.3 cm³/mol. The highest BCUT2D eigenvalue weighted by Gasteiger charge is 2.16. The monoisotopic (exact) mass is 218 g/mol. The van der Waals surface area contributed by atoms with Gasteiger partial charge in [0, 0.05) is 18.8 Å². The molecule has 1 aliphatic heterocycles. The van der Waals surface area contributed by atoms with Gasteiger partial charge in [-0.05, 0) is 49.4 Å². The van der Waals surface area contributed by atoms with E-state index in [1.807, 2.05) is 6.07 Å². The van der Waals surface area contributed by atoms with Gasteiger partial charge in [-0.15, -0.1) is 0 Å². The molecule has 16 heavy (non-hydrogen) atoms. The van der Waals surface area contributed by atoms with Crippen molar-refractivity contribution < 1.29 is 0 Å². The summed E-state index contributed by atoms with van der Waals surface area (Å²) in [7, 11) is 0. The molecule has 1 aromatic rings. The average molecular weight is 218 g/mol. The molecular formula is C14H22N2. The molecule has 2 heteroatoms. The number of likely N-dealkylation sites (tertiary alicyclic amines) is 1. The fourth-order valence-corrected chi connectivity index (χ4v) is 2.55. The molecule has 0 radical (unpaired) electrons. The third kappa shape index (κ3) is 2.56. The summed E-state index contributed by atoms with van der Waals surface area (Å²) < 4.78 is 0. The van der Waals surface area contributed by atoms with Crippen molar-refractivity contribution >= 4 is 5.69 Å². The number of nitrogens with zero attached hydrogens (tertiary/aromatic N) is 1. The van der Waals surface area contributed by atoms with Crippen LogP contribution < -0.4 is 5.73 Å². The Morgan fingerprint density at radius 2 is 2.25 bits per heavy atom. The van der Waals surface area contributed by atoms with Crippen molar-refractivity contribution in [3.8, 4) is 0 Å². The van der Waals surface area contributed by atoms with E-state index in [4.69, 9.17) is 5.73 Å². The Labute approximate surface area is 98.4 Å². The van der Waals surface area contributed by atoms with Crippen LogP contribution in [-0.2, 0) is 6.54 Å². The van der Waals surface area contributed by atoms with Gasteiger partial charge in [-0.25, -0.2) is 0 Å². The zero-order valence-electron chi connectivity index (χ0n) is 10.4. The Bertz CT molecular complexity index is 360. The van der Waals surface area contributed by atoms with Crippen LogP contribution in [0, 0.1) is 12.8 Å². The molecule has 2 N–H and O–H groups in total. The lowest BCUT2D eigenvalue weighted by atomic mass is 9.99. The summed E-state index contributed by atoms with van der Waals surface area (Å²) in [5, 5.41) is 0. The fourth-order valence-electron chi connectivity index (χ4n) is 2.55. The number of piperidine rings is 1. The van der Waals surface area contributed by atoms with E-state index in [1.54, 1.807) is 0 Å². The molecule has 1 unspecified atom stereocenters. The first-order valence-electron chi connectivity index (χ1n) is 6.23. The zero-order chi connectivity index (χ0) is 11.5. The highest BCUT2D eigenvalue weighted by Crippen LogP contribution is 2.21. The van der Waals surface area contributed by atoms with E-state index >= 15 is 0 Å². The van der Waals surface area contributed by atoms with Crippen LogP contribution in [0.15, 0.2) is 18.2 Å². The second kappa shape index (κ2) is 4.88. The summed E-state index contributed by atoms with van der Waals surface area (Å²) in [5.41, 5.74) is 9.49. The van der Waals surface area contributed by atoms with E-state index in [2.05, 4.69) is 30.9 Å². The quantitative estimate of drug-likeness (QED) is 0.773. The molecule has 1 saturated heterocycles. The normalized spacial score (nSPS) is 22.2. The van der Waals surface area contributed by atoms with Crippen molar-refractivity contribution in [2.75, 3.05) is 18.8 Å². The van der Waals surface area contributed by atoms with Gasteiger partial charge < -0.3 is 5.73 Å². The van der Waals surface area contributed by atoms with Crippen LogP contribution in [0.4, 0.5) is 5.69 Å². The molecule has 2 nitrogen and oxygen atoms in total. The molecule has 0 saturated carbocycles. The Hall–Kier alpha value is -1.02. The Balaban J connectivity index is 2.05. The van der Waals surface area contributed by atoms with Crippen LogP contribution in [0.1, 0.15) is 30.9 Å². The Kier molecular flexibility index (Phi) is 3.49. The molecule has 2 rings (SSSR count). The number of nitrogens with two attached hydrogens (primary N) is 1. The van der Waals surface area contributed by atoms with Crippen molar-refractivity contribution in [3.05, 3.63) is 29.3 Å². The zero-order valence-corrected chi connectivity index (χ0v) is 10.4. The van der Waals surface area contributed by atoms with E-state index in [-0.39, 0.29) is 0 Å². The maximum absolute atomic E-state index is 5.93. The number of benzene rings is 1.